The number of anilines is 1. The molecule has 30 heavy (non-hydrogen) atoms. The molecule has 4 rings (SSSR count). The molecule has 1 aromatic carbocycles. The van der Waals surface area contributed by atoms with Gasteiger partial charge in [-0.05, 0) is 49.6 Å². The van der Waals surface area contributed by atoms with Gasteiger partial charge < -0.3 is 10.6 Å². The Bertz CT molecular complexity index is 1100. The van der Waals surface area contributed by atoms with Crippen molar-refractivity contribution in [1.29, 1.82) is 0 Å². The molecule has 154 valence electrons. The summed E-state index contributed by atoms with van der Waals surface area (Å²) in [6.07, 6.45) is 5.05. The number of carbonyl (C=O) groups is 2. The molecule has 2 amide bonds. The molecule has 0 saturated heterocycles. The molecule has 0 aliphatic heterocycles. The highest BCUT2D eigenvalue weighted by Gasteiger charge is 2.24. The highest BCUT2D eigenvalue weighted by molar-refractivity contribution is 7.99. The molecule has 1 aliphatic rings. The van der Waals surface area contributed by atoms with Crippen molar-refractivity contribution in [2.24, 2.45) is 0 Å². The van der Waals surface area contributed by atoms with Crippen molar-refractivity contribution in [2.75, 3.05) is 11.1 Å². The molecule has 1 fully saturated rings. The zero-order valence-electron chi connectivity index (χ0n) is 16.1. The average molecular weight is 426 g/mol. The van der Waals surface area contributed by atoms with E-state index >= 15 is 0 Å². The SMILES string of the molecule is Cc1cc(F)ccc1NC(=O)CSc1cc(-n2ccc(C(=O)NC3CC3)n2)ncn1. The second-order valence-corrected chi connectivity index (χ2v) is 7.90. The van der Waals surface area contributed by atoms with Gasteiger partial charge in [0.1, 0.15) is 17.2 Å². The largest absolute Gasteiger partial charge is 0.348 e. The van der Waals surface area contributed by atoms with Crippen molar-refractivity contribution in [2.45, 2.75) is 30.8 Å². The zero-order chi connectivity index (χ0) is 21.1. The molecule has 8 nitrogen and oxygen atoms in total. The van der Waals surface area contributed by atoms with Gasteiger partial charge in [0.2, 0.25) is 5.91 Å². The van der Waals surface area contributed by atoms with E-state index in [9.17, 15) is 14.0 Å². The van der Waals surface area contributed by atoms with Crippen molar-refractivity contribution < 1.29 is 14.0 Å². The Balaban J connectivity index is 1.37. The van der Waals surface area contributed by atoms with E-state index in [4.69, 9.17) is 0 Å². The van der Waals surface area contributed by atoms with E-state index < -0.39 is 0 Å². The molecule has 0 radical (unpaired) electrons. The number of nitrogens with zero attached hydrogens (tertiary/aromatic N) is 4. The van der Waals surface area contributed by atoms with Crippen molar-refractivity contribution in [1.82, 2.24) is 25.1 Å². The Morgan fingerprint density at radius 2 is 2.07 bits per heavy atom. The number of aromatic nitrogens is 4. The fourth-order valence-corrected chi connectivity index (χ4v) is 3.35. The molecule has 0 bridgehead atoms. The van der Waals surface area contributed by atoms with Crippen LogP contribution in [0.3, 0.4) is 0 Å². The predicted octanol–water partition coefficient (Wildman–Crippen LogP) is 2.73. The number of carbonyl (C=O) groups excluding carboxylic acids is 2. The first-order chi connectivity index (χ1) is 14.5. The van der Waals surface area contributed by atoms with Crippen molar-refractivity contribution in [3.8, 4) is 5.82 Å². The van der Waals surface area contributed by atoms with Crippen LogP contribution in [0.5, 0.6) is 0 Å². The molecule has 2 aromatic heterocycles. The third-order valence-electron chi connectivity index (χ3n) is 4.41. The second kappa shape index (κ2) is 8.62. The zero-order valence-corrected chi connectivity index (χ0v) is 16.9. The first-order valence-electron chi connectivity index (χ1n) is 9.36. The van der Waals surface area contributed by atoms with Gasteiger partial charge >= 0.3 is 0 Å². The Hall–Kier alpha value is -3.27. The van der Waals surface area contributed by atoms with Crippen LogP contribution in [0.15, 0.2) is 47.9 Å². The van der Waals surface area contributed by atoms with Crippen LogP contribution in [-0.2, 0) is 4.79 Å². The second-order valence-electron chi connectivity index (χ2n) is 6.90. The molecule has 2 N–H and O–H groups in total. The van der Waals surface area contributed by atoms with Crippen molar-refractivity contribution in [3.63, 3.8) is 0 Å². The Morgan fingerprint density at radius 1 is 1.23 bits per heavy atom. The Labute approximate surface area is 176 Å². The highest BCUT2D eigenvalue weighted by Crippen LogP contribution is 2.21. The highest BCUT2D eigenvalue weighted by atomic mass is 32.2. The van der Waals surface area contributed by atoms with Crippen LogP contribution in [0.25, 0.3) is 5.82 Å². The van der Waals surface area contributed by atoms with Gasteiger partial charge in [0.15, 0.2) is 11.5 Å². The number of halogens is 1. The van der Waals surface area contributed by atoms with E-state index in [1.165, 1.54) is 41.0 Å². The third-order valence-corrected chi connectivity index (χ3v) is 5.34. The maximum absolute atomic E-state index is 13.2. The molecule has 1 saturated carbocycles. The van der Waals surface area contributed by atoms with Gasteiger partial charge in [-0.3, -0.25) is 9.59 Å². The predicted molar refractivity (Wildman–Crippen MR) is 110 cm³/mol. The van der Waals surface area contributed by atoms with Crippen LogP contribution in [0.1, 0.15) is 28.9 Å². The topological polar surface area (TPSA) is 102 Å². The van der Waals surface area contributed by atoms with Gasteiger partial charge in [-0.2, -0.15) is 5.10 Å². The Kier molecular flexibility index (Phi) is 5.75. The van der Waals surface area contributed by atoms with Gasteiger partial charge in [0.25, 0.3) is 5.91 Å². The van der Waals surface area contributed by atoms with Crippen molar-refractivity contribution in [3.05, 3.63) is 59.9 Å². The smallest absolute Gasteiger partial charge is 0.272 e. The summed E-state index contributed by atoms with van der Waals surface area (Å²) in [6, 6.07) is 7.78. The maximum atomic E-state index is 13.2. The summed E-state index contributed by atoms with van der Waals surface area (Å²) in [7, 11) is 0. The molecule has 1 aliphatic carbocycles. The van der Waals surface area contributed by atoms with Gasteiger partial charge in [-0.15, -0.1) is 0 Å². The van der Waals surface area contributed by atoms with E-state index in [1.807, 2.05) is 0 Å². The van der Waals surface area contributed by atoms with Crippen LogP contribution in [0, 0.1) is 12.7 Å². The number of benzene rings is 1. The fraction of sp³-hybridized carbons (Fsp3) is 0.250. The molecular formula is C20H19FN6O2S. The minimum atomic E-state index is -0.347. The average Bonchev–Trinajstić information content (AvgIpc) is 3.39. The van der Waals surface area contributed by atoms with Crippen molar-refractivity contribution >= 4 is 29.3 Å². The van der Waals surface area contributed by atoms with Gasteiger partial charge in [0, 0.05) is 24.0 Å². The number of rotatable bonds is 7. The van der Waals surface area contributed by atoms with Gasteiger partial charge in [-0.25, -0.2) is 19.0 Å². The lowest BCUT2D eigenvalue weighted by Crippen LogP contribution is -2.25. The normalized spacial score (nSPS) is 13.1. The van der Waals surface area contributed by atoms with Gasteiger partial charge in [0.05, 0.1) is 5.75 Å². The molecular weight excluding hydrogens is 407 g/mol. The molecule has 0 atom stereocenters. The standard InChI is InChI=1S/C20H19FN6O2S/c1-12-8-13(21)2-5-15(12)25-18(28)10-30-19-9-17(22-11-23-19)27-7-6-16(26-27)20(29)24-14-3-4-14/h2,5-9,11,14H,3-4,10H2,1H3,(H,24,29)(H,25,28). The third kappa shape index (κ3) is 5.01. The summed E-state index contributed by atoms with van der Waals surface area (Å²) in [4.78, 5) is 32.6. The Morgan fingerprint density at radius 3 is 2.83 bits per heavy atom. The summed E-state index contributed by atoms with van der Waals surface area (Å²) >= 11 is 1.24. The lowest BCUT2D eigenvalue weighted by atomic mass is 10.2. The summed E-state index contributed by atoms with van der Waals surface area (Å²) < 4.78 is 14.7. The molecule has 3 aromatic rings. The van der Waals surface area contributed by atoms with Crippen LogP contribution in [0.2, 0.25) is 0 Å². The number of aryl methyl sites for hydroxylation is 1. The number of hydrogen-bond donors (Lipinski definition) is 2. The van der Waals surface area contributed by atoms with Crippen LogP contribution < -0.4 is 10.6 Å². The quantitative estimate of drug-likeness (QED) is 0.445. The summed E-state index contributed by atoms with van der Waals surface area (Å²) in [5.41, 5.74) is 1.54. The van der Waals surface area contributed by atoms with Crippen LogP contribution in [-0.4, -0.2) is 43.4 Å². The fourth-order valence-electron chi connectivity index (χ4n) is 2.69. The lowest BCUT2D eigenvalue weighted by Gasteiger charge is -2.08. The summed E-state index contributed by atoms with van der Waals surface area (Å²) in [5.74, 6) is -0.157. The summed E-state index contributed by atoms with van der Waals surface area (Å²) in [6.45, 7) is 1.73. The summed E-state index contributed by atoms with van der Waals surface area (Å²) in [5, 5.41) is 10.5. The molecule has 10 heteroatoms. The van der Waals surface area contributed by atoms with Crippen LogP contribution in [0.4, 0.5) is 10.1 Å². The molecule has 0 unspecified atom stereocenters. The van der Waals surface area contributed by atoms with E-state index in [0.717, 1.165) is 12.8 Å². The first-order valence-corrected chi connectivity index (χ1v) is 10.3. The number of amides is 2. The number of hydrogen-bond acceptors (Lipinski definition) is 6. The van der Waals surface area contributed by atoms with Crippen LogP contribution >= 0.6 is 11.8 Å². The number of nitrogens with one attached hydrogen (secondary N) is 2. The minimum Gasteiger partial charge on any atom is -0.348 e. The maximum Gasteiger partial charge on any atom is 0.272 e. The van der Waals surface area contributed by atoms with E-state index in [1.54, 1.807) is 25.3 Å². The monoisotopic (exact) mass is 426 g/mol. The van der Waals surface area contributed by atoms with E-state index in [2.05, 4.69) is 25.7 Å². The molecule has 0 spiro atoms. The lowest BCUT2D eigenvalue weighted by molar-refractivity contribution is -0.113. The minimum absolute atomic E-state index is 0.126. The molecule has 2 heterocycles. The first kappa shape index (κ1) is 20.0. The van der Waals surface area contributed by atoms with E-state index in [0.29, 0.717) is 27.8 Å². The number of thioether (sulfide) groups is 1. The van der Waals surface area contributed by atoms with Gasteiger partial charge in [-0.1, -0.05) is 11.8 Å². The van der Waals surface area contributed by atoms with E-state index in [-0.39, 0.29) is 29.4 Å².